The molecule has 3 N–H and O–H groups in total. The van der Waals surface area contributed by atoms with Gasteiger partial charge in [0.2, 0.25) is 0 Å². The van der Waals surface area contributed by atoms with Crippen molar-refractivity contribution in [1.29, 1.82) is 5.26 Å². The van der Waals surface area contributed by atoms with Gasteiger partial charge < -0.3 is 20.1 Å². The summed E-state index contributed by atoms with van der Waals surface area (Å²) in [6.45, 7) is -0.560. The van der Waals surface area contributed by atoms with Crippen LogP contribution in [0.25, 0.3) is 11.3 Å². The zero-order valence-corrected chi connectivity index (χ0v) is 17.5. The molecule has 0 amide bonds. The second kappa shape index (κ2) is 9.50. The van der Waals surface area contributed by atoms with Gasteiger partial charge in [-0.15, -0.1) is 5.10 Å². The first-order chi connectivity index (χ1) is 15.8. The van der Waals surface area contributed by atoms with Crippen LogP contribution in [0.15, 0.2) is 47.5 Å². The average molecular weight is 478 g/mol. The summed E-state index contributed by atoms with van der Waals surface area (Å²) in [4.78, 5) is 0.612. The monoisotopic (exact) mass is 478 g/mol. The molecule has 2 aromatic carbocycles. The Morgan fingerprint density at radius 3 is 2.52 bits per heavy atom. The highest BCUT2D eigenvalue weighted by Crippen LogP contribution is 2.38. The van der Waals surface area contributed by atoms with Crippen LogP contribution in [-0.4, -0.2) is 60.7 Å². The minimum atomic E-state index is -1.62. The smallest absolute Gasteiger partial charge is 0.194 e. The first kappa shape index (κ1) is 23.2. The number of aliphatic hydroxyl groups excluding tert-OH is 3. The quantitative estimate of drug-likeness (QED) is 0.476. The number of nitriles is 1. The molecular weight excluding hydrogens is 461 g/mol. The van der Waals surface area contributed by atoms with Crippen LogP contribution in [0.5, 0.6) is 0 Å². The molecule has 5 unspecified atom stereocenters. The number of aliphatic hydroxyl groups is 3. The van der Waals surface area contributed by atoms with Crippen LogP contribution in [0.4, 0.5) is 13.2 Å². The van der Waals surface area contributed by atoms with Crippen molar-refractivity contribution in [3.8, 4) is 17.3 Å². The number of halogens is 3. The molecule has 8 nitrogen and oxygen atoms in total. The maximum atomic E-state index is 13.6. The van der Waals surface area contributed by atoms with Crippen LogP contribution in [-0.2, 0) is 4.74 Å². The third-order valence-corrected chi connectivity index (χ3v) is 6.31. The fourth-order valence-corrected chi connectivity index (χ4v) is 4.63. The molecular formula is C21H17F3N4O4S. The number of aromatic nitrogens is 3. The second-order valence-corrected chi connectivity index (χ2v) is 8.46. The van der Waals surface area contributed by atoms with Crippen LogP contribution in [0.3, 0.4) is 0 Å². The molecule has 3 aromatic rings. The normalized spacial score (nSPS) is 25.1. The summed E-state index contributed by atoms with van der Waals surface area (Å²) < 4.78 is 47.2. The van der Waals surface area contributed by atoms with Crippen molar-refractivity contribution in [3.63, 3.8) is 0 Å². The van der Waals surface area contributed by atoms with E-state index in [1.165, 1.54) is 6.20 Å². The maximum Gasteiger partial charge on any atom is 0.194 e. The molecule has 1 aliphatic heterocycles. The Labute approximate surface area is 189 Å². The molecule has 1 aromatic heterocycles. The van der Waals surface area contributed by atoms with Crippen LogP contribution >= 0.6 is 11.8 Å². The van der Waals surface area contributed by atoms with Crippen molar-refractivity contribution in [2.45, 2.75) is 34.7 Å². The van der Waals surface area contributed by atoms with Crippen molar-refractivity contribution in [1.82, 2.24) is 15.0 Å². The van der Waals surface area contributed by atoms with Gasteiger partial charge in [0.05, 0.1) is 24.4 Å². The summed E-state index contributed by atoms with van der Waals surface area (Å²) in [6, 6.07) is 8.96. The highest BCUT2D eigenvalue weighted by molar-refractivity contribution is 7.99. The minimum Gasteiger partial charge on any atom is -0.394 e. The first-order valence-corrected chi connectivity index (χ1v) is 10.6. The average Bonchev–Trinajstić information content (AvgIpc) is 3.29. The van der Waals surface area contributed by atoms with Crippen molar-refractivity contribution in [3.05, 3.63) is 65.6 Å². The Morgan fingerprint density at radius 2 is 1.85 bits per heavy atom. The van der Waals surface area contributed by atoms with Gasteiger partial charge in [0, 0.05) is 10.5 Å². The van der Waals surface area contributed by atoms with Crippen LogP contribution in [0.2, 0.25) is 0 Å². The van der Waals surface area contributed by atoms with Crippen molar-refractivity contribution >= 4 is 11.8 Å². The summed E-state index contributed by atoms with van der Waals surface area (Å²) in [6.07, 6.45) is -2.59. The largest absolute Gasteiger partial charge is 0.394 e. The molecule has 2 heterocycles. The fraction of sp³-hybridized carbons (Fsp3) is 0.286. The predicted octanol–water partition coefficient (Wildman–Crippen LogP) is 2.01. The zero-order chi connectivity index (χ0) is 23.7. The van der Waals surface area contributed by atoms with Gasteiger partial charge in [-0.05, 0) is 30.3 Å². The van der Waals surface area contributed by atoms with Crippen LogP contribution < -0.4 is 0 Å². The minimum absolute atomic E-state index is 0.0230. The standard InChI is InChI=1S/C21H17F3N4O4S/c22-13-5-11(6-14(23)17(13)24)15-8-28(27-26-15)18-19(30)16(9-29)32-21(20(18)31)33-12-3-1-2-10(4-12)7-25/h1-6,8,16,18-21,29-31H,9H2. The van der Waals surface area contributed by atoms with Crippen molar-refractivity contribution in [2.24, 2.45) is 0 Å². The van der Waals surface area contributed by atoms with Gasteiger partial charge in [-0.3, -0.25) is 0 Å². The molecule has 5 atom stereocenters. The van der Waals surface area contributed by atoms with E-state index in [1.807, 2.05) is 6.07 Å². The van der Waals surface area contributed by atoms with Crippen LogP contribution in [0.1, 0.15) is 11.6 Å². The fourth-order valence-electron chi connectivity index (χ4n) is 3.51. The molecule has 12 heteroatoms. The highest BCUT2D eigenvalue weighted by Gasteiger charge is 2.46. The maximum absolute atomic E-state index is 13.6. The molecule has 172 valence electrons. The Morgan fingerprint density at radius 1 is 1.12 bits per heavy atom. The summed E-state index contributed by atoms with van der Waals surface area (Å²) in [5, 5.41) is 48.0. The molecule has 4 rings (SSSR count). The Hall–Kier alpha value is -2.95. The number of rotatable bonds is 5. The molecule has 0 bridgehead atoms. The van der Waals surface area contributed by atoms with E-state index in [9.17, 15) is 28.5 Å². The second-order valence-electron chi connectivity index (χ2n) is 7.29. The van der Waals surface area contributed by atoms with Crippen molar-refractivity contribution in [2.75, 3.05) is 6.61 Å². The van der Waals surface area contributed by atoms with E-state index in [-0.39, 0.29) is 11.3 Å². The summed E-state index contributed by atoms with van der Waals surface area (Å²) in [7, 11) is 0. The number of hydrogen-bond acceptors (Lipinski definition) is 8. The van der Waals surface area contributed by atoms with E-state index < -0.39 is 53.8 Å². The summed E-state index contributed by atoms with van der Waals surface area (Å²) in [5.74, 6) is -4.42. The van der Waals surface area contributed by atoms with Crippen LogP contribution in [0, 0.1) is 28.8 Å². The lowest BCUT2D eigenvalue weighted by molar-refractivity contribution is -0.178. The molecule has 0 saturated carbocycles. The lowest BCUT2D eigenvalue weighted by Crippen LogP contribution is -2.55. The molecule has 0 spiro atoms. The van der Waals surface area contributed by atoms with E-state index in [4.69, 9.17) is 10.00 Å². The number of ether oxygens (including phenoxy) is 1. The Balaban J connectivity index is 1.64. The zero-order valence-electron chi connectivity index (χ0n) is 16.7. The van der Waals surface area contributed by atoms with Gasteiger partial charge in [0.1, 0.15) is 35.5 Å². The number of hydrogen-bond donors (Lipinski definition) is 3. The molecule has 33 heavy (non-hydrogen) atoms. The summed E-state index contributed by atoms with van der Waals surface area (Å²) in [5.41, 5.74) is -0.671. The van der Waals surface area contributed by atoms with E-state index >= 15 is 0 Å². The third kappa shape index (κ3) is 4.59. The Kier molecular flexibility index (Phi) is 6.68. The topological polar surface area (TPSA) is 124 Å². The third-order valence-electron chi connectivity index (χ3n) is 5.16. The SMILES string of the molecule is N#Cc1cccc(SC2OC(CO)C(O)C(n3cc(-c4cc(F)c(F)c(F)c4)nn3)C2O)c1. The first-order valence-electron chi connectivity index (χ1n) is 9.68. The number of thioether (sulfide) groups is 1. The predicted molar refractivity (Wildman–Crippen MR) is 109 cm³/mol. The lowest BCUT2D eigenvalue weighted by Gasteiger charge is -2.41. The van der Waals surface area contributed by atoms with E-state index in [0.717, 1.165) is 28.6 Å². The van der Waals surface area contributed by atoms with Crippen molar-refractivity contribution < 1.29 is 33.2 Å². The Bertz CT molecular complexity index is 1180. The van der Waals surface area contributed by atoms with Gasteiger partial charge in [-0.25, -0.2) is 17.9 Å². The van der Waals surface area contributed by atoms with E-state index in [2.05, 4.69) is 10.3 Å². The van der Waals surface area contributed by atoms with Gasteiger partial charge >= 0.3 is 0 Å². The van der Waals surface area contributed by atoms with Gasteiger partial charge in [0.25, 0.3) is 0 Å². The molecule has 0 aliphatic carbocycles. The van der Waals surface area contributed by atoms with Gasteiger partial charge in [0.15, 0.2) is 17.5 Å². The molecule has 1 fully saturated rings. The molecule has 1 aliphatic rings. The van der Waals surface area contributed by atoms with Gasteiger partial charge in [-0.1, -0.05) is 23.0 Å². The van der Waals surface area contributed by atoms with Gasteiger partial charge in [-0.2, -0.15) is 5.26 Å². The molecule has 0 radical (unpaired) electrons. The lowest BCUT2D eigenvalue weighted by atomic mass is 9.97. The van der Waals surface area contributed by atoms with E-state index in [0.29, 0.717) is 10.5 Å². The number of benzene rings is 2. The van der Waals surface area contributed by atoms with E-state index in [1.54, 1.807) is 24.3 Å². The molecule has 1 saturated heterocycles. The number of nitrogens with zero attached hydrogens (tertiary/aromatic N) is 4. The summed E-state index contributed by atoms with van der Waals surface area (Å²) >= 11 is 1.08. The highest BCUT2D eigenvalue weighted by atomic mass is 32.2.